The number of anilines is 1. The third kappa shape index (κ3) is 5.11. The molecule has 0 aliphatic heterocycles. The Hall–Kier alpha value is -1.22. The predicted molar refractivity (Wildman–Crippen MR) is 82.8 cm³/mol. The zero-order chi connectivity index (χ0) is 14.4. The van der Waals surface area contributed by atoms with Crippen LogP contribution in [0.25, 0.3) is 0 Å². The van der Waals surface area contributed by atoms with Crippen LogP contribution in [0.15, 0.2) is 18.2 Å². The summed E-state index contributed by atoms with van der Waals surface area (Å²) in [6, 6.07) is 6.18. The van der Waals surface area contributed by atoms with E-state index in [1.54, 1.807) is 0 Å². The molecular weight excluding hydrogens is 236 g/mol. The minimum atomic E-state index is 0.209. The minimum Gasteiger partial charge on any atom is -0.491 e. The maximum atomic E-state index is 5.79. The maximum Gasteiger partial charge on any atom is 0.120 e. The van der Waals surface area contributed by atoms with Gasteiger partial charge >= 0.3 is 0 Å². The Balaban J connectivity index is 2.64. The Morgan fingerprint density at radius 2 is 1.89 bits per heavy atom. The van der Waals surface area contributed by atoms with Crippen molar-refractivity contribution >= 4 is 5.69 Å². The van der Waals surface area contributed by atoms with Crippen molar-refractivity contribution in [3.63, 3.8) is 0 Å². The normalized spacial score (nSPS) is 12.8. The number of nitrogens with one attached hydrogen (secondary N) is 1. The van der Waals surface area contributed by atoms with E-state index in [-0.39, 0.29) is 6.10 Å². The Morgan fingerprint density at radius 3 is 2.37 bits per heavy atom. The molecule has 0 bridgehead atoms. The molecule has 1 aromatic rings. The van der Waals surface area contributed by atoms with Crippen LogP contribution in [0.2, 0.25) is 0 Å². The summed E-state index contributed by atoms with van der Waals surface area (Å²) >= 11 is 0. The summed E-state index contributed by atoms with van der Waals surface area (Å²) < 4.78 is 5.69. The number of hydrogen-bond donors (Lipinski definition) is 2. The summed E-state index contributed by atoms with van der Waals surface area (Å²) in [5.41, 5.74) is 8.16. The van der Waals surface area contributed by atoms with Gasteiger partial charge in [-0.05, 0) is 62.9 Å². The maximum absolute atomic E-state index is 5.79. The van der Waals surface area contributed by atoms with E-state index in [0.717, 1.165) is 24.5 Å². The molecule has 0 amide bonds. The standard InChI is InChI=1S/C16H28N2O/c1-11(2)14(9-17)10-18-16-7-6-15(8-13(16)5)19-12(3)4/h6-8,11-12,14,18H,9-10,17H2,1-5H3. The summed E-state index contributed by atoms with van der Waals surface area (Å²) in [5.74, 6) is 2.03. The van der Waals surface area contributed by atoms with Crippen molar-refractivity contribution in [3.05, 3.63) is 23.8 Å². The smallest absolute Gasteiger partial charge is 0.120 e. The van der Waals surface area contributed by atoms with Crippen molar-refractivity contribution in [2.75, 3.05) is 18.4 Å². The van der Waals surface area contributed by atoms with E-state index < -0.39 is 0 Å². The molecule has 0 aromatic heterocycles. The molecule has 0 saturated carbocycles. The minimum absolute atomic E-state index is 0.209. The second-order valence-electron chi connectivity index (χ2n) is 5.76. The fourth-order valence-corrected chi connectivity index (χ4v) is 2.01. The highest BCUT2D eigenvalue weighted by molar-refractivity contribution is 5.53. The summed E-state index contributed by atoms with van der Waals surface area (Å²) in [6.45, 7) is 12.2. The van der Waals surface area contributed by atoms with Crippen LogP contribution in [-0.2, 0) is 0 Å². The highest BCUT2D eigenvalue weighted by Gasteiger charge is 2.11. The van der Waals surface area contributed by atoms with Crippen molar-refractivity contribution in [2.24, 2.45) is 17.6 Å². The van der Waals surface area contributed by atoms with Crippen LogP contribution in [0, 0.1) is 18.8 Å². The van der Waals surface area contributed by atoms with Crippen molar-refractivity contribution in [1.82, 2.24) is 0 Å². The van der Waals surface area contributed by atoms with E-state index in [1.807, 2.05) is 19.9 Å². The van der Waals surface area contributed by atoms with Crippen molar-refractivity contribution < 1.29 is 4.74 Å². The molecule has 0 saturated heterocycles. The van der Waals surface area contributed by atoms with Gasteiger partial charge in [0.1, 0.15) is 5.75 Å². The van der Waals surface area contributed by atoms with Crippen LogP contribution >= 0.6 is 0 Å². The molecular formula is C16H28N2O. The highest BCUT2D eigenvalue weighted by atomic mass is 16.5. The molecule has 3 heteroatoms. The van der Waals surface area contributed by atoms with Gasteiger partial charge in [-0.2, -0.15) is 0 Å². The fraction of sp³-hybridized carbons (Fsp3) is 0.625. The van der Waals surface area contributed by atoms with Gasteiger partial charge in [-0.25, -0.2) is 0 Å². The van der Waals surface area contributed by atoms with Crippen molar-refractivity contribution in [1.29, 1.82) is 0 Å². The first-order valence-electron chi connectivity index (χ1n) is 7.15. The van der Waals surface area contributed by atoms with Gasteiger partial charge in [-0.1, -0.05) is 13.8 Å². The number of rotatable bonds is 7. The zero-order valence-corrected chi connectivity index (χ0v) is 12.9. The van der Waals surface area contributed by atoms with Gasteiger partial charge < -0.3 is 15.8 Å². The Bertz CT molecular complexity index is 388. The first-order chi connectivity index (χ1) is 8.93. The van der Waals surface area contributed by atoms with E-state index in [0.29, 0.717) is 11.8 Å². The molecule has 0 radical (unpaired) electrons. The number of benzene rings is 1. The largest absolute Gasteiger partial charge is 0.491 e. The summed E-state index contributed by atoms with van der Waals surface area (Å²) in [7, 11) is 0. The topological polar surface area (TPSA) is 47.3 Å². The average molecular weight is 264 g/mol. The van der Waals surface area contributed by atoms with Gasteiger partial charge in [-0.3, -0.25) is 0 Å². The molecule has 0 spiro atoms. The monoisotopic (exact) mass is 264 g/mol. The Labute approximate surface area is 117 Å². The van der Waals surface area contributed by atoms with Gasteiger partial charge in [0, 0.05) is 12.2 Å². The van der Waals surface area contributed by atoms with E-state index >= 15 is 0 Å². The second kappa shape index (κ2) is 7.39. The lowest BCUT2D eigenvalue weighted by atomic mass is 9.96. The van der Waals surface area contributed by atoms with E-state index in [2.05, 4.69) is 38.2 Å². The van der Waals surface area contributed by atoms with Gasteiger partial charge in [0.15, 0.2) is 0 Å². The first kappa shape index (κ1) is 15.8. The SMILES string of the molecule is Cc1cc(OC(C)C)ccc1NCC(CN)C(C)C. The van der Waals surface area contributed by atoms with Gasteiger partial charge in [-0.15, -0.1) is 0 Å². The molecule has 1 unspecified atom stereocenters. The third-order valence-corrected chi connectivity index (χ3v) is 3.37. The number of ether oxygens (including phenoxy) is 1. The van der Waals surface area contributed by atoms with Crippen molar-refractivity contribution in [2.45, 2.75) is 40.7 Å². The van der Waals surface area contributed by atoms with Crippen molar-refractivity contribution in [3.8, 4) is 5.75 Å². The molecule has 0 aliphatic carbocycles. The van der Waals surface area contributed by atoms with E-state index in [1.165, 1.54) is 5.56 Å². The van der Waals surface area contributed by atoms with E-state index in [9.17, 15) is 0 Å². The number of hydrogen-bond acceptors (Lipinski definition) is 3. The lowest BCUT2D eigenvalue weighted by Crippen LogP contribution is -2.27. The summed E-state index contributed by atoms with van der Waals surface area (Å²) in [4.78, 5) is 0. The molecule has 3 nitrogen and oxygen atoms in total. The summed E-state index contributed by atoms with van der Waals surface area (Å²) in [6.07, 6.45) is 0.209. The zero-order valence-electron chi connectivity index (χ0n) is 12.9. The lowest BCUT2D eigenvalue weighted by Gasteiger charge is -2.21. The van der Waals surface area contributed by atoms with Crippen LogP contribution in [-0.4, -0.2) is 19.2 Å². The van der Waals surface area contributed by atoms with Crippen LogP contribution in [0.3, 0.4) is 0 Å². The predicted octanol–water partition coefficient (Wildman–Crippen LogP) is 3.43. The van der Waals surface area contributed by atoms with Gasteiger partial charge in [0.2, 0.25) is 0 Å². The first-order valence-corrected chi connectivity index (χ1v) is 7.15. The fourth-order valence-electron chi connectivity index (χ4n) is 2.01. The lowest BCUT2D eigenvalue weighted by molar-refractivity contribution is 0.242. The molecule has 0 heterocycles. The Kier molecular flexibility index (Phi) is 6.16. The van der Waals surface area contributed by atoms with Gasteiger partial charge in [0.05, 0.1) is 6.10 Å². The van der Waals surface area contributed by atoms with E-state index in [4.69, 9.17) is 10.5 Å². The molecule has 0 aliphatic rings. The molecule has 1 atom stereocenters. The molecule has 1 aromatic carbocycles. The summed E-state index contributed by atoms with van der Waals surface area (Å²) in [5, 5.41) is 3.49. The Morgan fingerprint density at radius 1 is 1.21 bits per heavy atom. The molecule has 108 valence electrons. The molecule has 1 rings (SSSR count). The molecule has 19 heavy (non-hydrogen) atoms. The van der Waals surface area contributed by atoms with Crippen LogP contribution < -0.4 is 15.8 Å². The second-order valence-corrected chi connectivity index (χ2v) is 5.76. The van der Waals surface area contributed by atoms with Crippen LogP contribution in [0.1, 0.15) is 33.3 Å². The number of aryl methyl sites for hydroxylation is 1. The highest BCUT2D eigenvalue weighted by Crippen LogP contribution is 2.23. The van der Waals surface area contributed by atoms with Crippen LogP contribution in [0.5, 0.6) is 5.75 Å². The number of nitrogens with two attached hydrogens (primary N) is 1. The quantitative estimate of drug-likeness (QED) is 0.793. The average Bonchev–Trinajstić information content (AvgIpc) is 2.31. The van der Waals surface area contributed by atoms with Crippen LogP contribution in [0.4, 0.5) is 5.69 Å². The van der Waals surface area contributed by atoms with Gasteiger partial charge in [0.25, 0.3) is 0 Å². The third-order valence-electron chi connectivity index (χ3n) is 3.37. The molecule has 3 N–H and O–H groups in total. The molecule has 0 fully saturated rings.